The highest BCUT2D eigenvalue weighted by Gasteiger charge is 2.81. The van der Waals surface area contributed by atoms with Gasteiger partial charge in [0.2, 0.25) is 0 Å². The van der Waals surface area contributed by atoms with E-state index >= 15 is 0 Å². The van der Waals surface area contributed by atoms with Gasteiger partial charge >= 0.3 is 0 Å². The summed E-state index contributed by atoms with van der Waals surface area (Å²) < 4.78 is 5.98. The van der Waals surface area contributed by atoms with Crippen LogP contribution in [-0.2, 0) is 14.3 Å². The summed E-state index contributed by atoms with van der Waals surface area (Å²) in [5.41, 5.74) is -1.15. The molecule has 0 aromatic heterocycles. The van der Waals surface area contributed by atoms with Gasteiger partial charge in [-0.3, -0.25) is 9.59 Å². The second-order valence-electron chi connectivity index (χ2n) is 7.18. The fourth-order valence-corrected chi connectivity index (χ4v) is 5.14. The zero-order valence-corrected chi connectivity index (χ0v) is 11.4. The van der Waals surface area contributed by atoms with Crippen molar-refractivity contribution in [3.63, 3.8) is 0 Å². The Morgan fingerprint density at radius 2 is 1.95 bits per heavy atom. The SMILES string of the molecule is CC1(C)C(=O)C2CC3=CC(=O)C4COC2(C1O)C34C. The predicted octanol–water partition coefficient (Wildman–Crippen LogP) is 0.877. The maximum atomic E-state index is 12.6. The first kappa shape index (κ1) is 11.8. The summed E-state index contributed by atoms with van der Waals surface area (Å²) in [6.45, 7) is 5.89. The number of carbonyl (C=O) groups excluding carboxylic acids is 2. The molecule has 1 saturated heterocycles. The minimum atomic E-state index is -0.879. The van der Waals surface area contributed by atoms with Crippen LogP contribution in [0.15, 0.2) is 11.6 Å². The lowest BCUT2D eigenvalue weighted by Crippen LogP contribution is -2.53. The summed E-state index contributed by atoms with van der Waals surface area (Å²) in [4.78, 5) is 24.7. The molecule has 5 unspecified atom stereocenters. The van der Waals surface area contributed by atoms with E-state index in [0.717, 1.165) is 5.57 Å². The molecule has 3 aliphatic carbocycles. The number of hydrogen-bond acceptors (Lipinski definition) is 4. The summed E-state index contributed by atoms with van der Waals surface area (Å²) in [6.07, 6.45) is 1.42. The van der Waals surface area contributed by atoms with Crippen molar-refractivity contribution in [3.05, 3.63) is 11.6 Å². The van der Waals surface area contributed by atoms with Crippen LogP contribution in [-0.4, -0.2) is 35.0 Å². The van der Waals surface area contributed by atoms with Gasteiger partial charge in [0.1, 0.15) is 11.4 Å². The number of carbonyl (C=O) groups is 2. The summed E-state index contributed by atoms with van der Waals surface area (Å²) in [6, 6.07) is 0. The van der Waals surface area contributed by atoms with Crippen LogP contribution in [0, 0.1) is 22.7 Å². The second-order valence-corrected chi connectivity index (χ2v) is 7.18. The Hall–Kier alpha value is -1.00. The Balaban J connectivity index is 1.99. The van der Waals surface area contributed by atoms with E-state index in [0.29, 0.717) is 13.0 Å². The molecular formula is C15H18O4. The Morgan fingerprint density at radius 1 is 1.26 bits per heavy atom. The average molecular weight is 262 g/mol. The minimum Gasteiger partial charge on any atom is -0.389 e. The molecule has 0 aromatic carbocycles. The van der Waals surface area contributed by atoms with Crippen LogP contribution in [0.2, 0.25) is 0 Å². The molecule has 1 heterocycles. The van der Waals surface area contributed by atoms with Gasteiger partial charge < -0.3 is 9.84 Å². The molecule has 4 rings (SSSR count). The maximum absolute atomic E-state index is 12.6. The zero-order valence-electron chi connectivity index (χ0n) is 11.4. The van der Waals surface area contributed by atoms with Gasteiger partial charge in [-0.2, -0.15) is 0 Å². The predicted molar refractivity (Wildman–Crippen MR) is 66.3 cm³/mol. The highest BCUT2D eigenvalue weighted by Crippen LogP contribution is 2.71. The standard InChI is InChI=1S/C15H18O4/c1-13(2)11(17)8-4-7-5-10(16)9-6-19-15(8,12(13)18)14(7,9)3/h5,8-9,12,18H,4,6H2,1-3H3. The number of ether oxygens (including phenoxy) is 1. The topological polar surface area (TPSA) is 63.6 Å². The number of rotatable bonds is 0. The van der Waals surface area contributed by atoms with E-state index in [9.17, 15) is 14.7 Å². The van der Waals surface area contributed by atoms with E-state index < -0.39 is 22.5 Å². The van der Waals surface area contributed by atoms with Gasteiger partial charge in [0.05, 0.1) is 30.0 Å². The van der Waals surface area contributed by atoms with Gasteiger partial charge in [-0.25, -0.2) is 0 Å². The van der Waals surface area contributed by atoms with Gasteiger partial charge in [0.15, 0.2) is 5.78 Å². The maximum Gasteiger partial charge on any atom is 0.162 e. The van der Waals surface area contributed by atoms with Gasteiger partial charge in [-0.1, -0.05) is 26.3 Å². The average Bonchev–Trinajstić information content (AvgIpc) is 2.91. The van der Waals surface area contributed by atoms with E-state index in [2.05, 4.69) is 0 Å². The molecule has 1 spiro atoms. The van der Waals surface area contributed by atoms with E-state index in [1.165, 1.54) is 0 Å². The van der Waals surface area contributed by atoms with Crippen molar-refractivity contribution in [2.75, 3.05) is 6.61 Å². The first-order valence-electron chi connectivity index (χ1n) is 6.89. The lowest BCUT2D eigenvalue weighted by atomic mass is 9.66. The highest BCUT2D eigenvalue weighted by atomic mass is 16.5. The molecule has 19 heavy (non-hydrogen) atoms. The molecule has 3 fully saturated rings. The fraction of sp³-hybridized carbons (Fsp3) is 0.733. The molecule has 1 N–H and O–H groups in total. The van der Waals surface area contributed by atoms with Gasteiger partial charge in [-0.05, 0) is 12.5 Å². The normalized spacial score (nSPS) is 53.5. The third-order valence-corrected chi connectivity index (χ3v) is 6.31. The monoisotopic (exact) mass is 262 g/mol. The summed E-state index contributed by atoms with van der Waals surface area (Å²) in [7, 11) is 0. The Bertz CT molecular complexity index is 560. The Kier molecular flexibility index (Phi) is 1.78. The summed E-state index contributed by atoms with van der Waals surface area (Å²) in [5, 5.41) is 10.8. The van der Waals surface area contributed by atoms with Crippen LogP contribution in [0.3, 0.4) is 0 Å². The molecule has 2 saturated carbocycles. The van der Waals surface area contributed by atoms with Crippen molar-refractivity contribution in [1.82, 2.24) is 0 Å². The molecule has 5 atom stereocenters. The van der Waals surface area contributed by atoms with E-state index in [4.69, 9.17) is 4.74 Å². The quantitative estimate of drug-likeness (QED) is 0.704. The first-order valence-corrected chi connectivity index (χ1v) is 6.89. The molecular weight excluding hydrogens is 244 g/mol. The lowest BCUT2D eigenvalue weighted by molar-refractivity contribution is -0.139. The highest BCUT2D eigenvalue weighted by molar-refractivity contribution is 6.01. The smallest absolute Gasteiger partial charge is 0.162 e. The zero-order chi connectivity index (χ0) is 13.8. The van der Waals surface area contributed by atoms with Crippen LogP contribution in [0.1, 0.15) is 27.2 Å². The third-order valence-electron chi connectivity index (χ3n) is 6.31. The lowest BCUT2D eigenvalue weighted by Gasteiger charge is -2.41. The first-order chi connectivity index (χ1) is 8.78. The molecule has 4 heteroatoms. The van der Waals surface area contributed by atoms with Crippen molar-refractivity contribution in [1.29, 1.82) is 0 Å². The Labute approximate surface area is 111 Å². The molecule has 0 radical (unpaired) electrons. The van der Waals surface area contributed by atoms with Crippen LogP contribution < -0.4 is 0 Å². The fourth-order valence-electron chi connectivity index (χ4n) is 5.14. The number of allylic oxidation sites excluding steroid dienone is 1. The number of ketones is 2. The third kappa shape index (κ3) is 0.878. The molecule has 102 valence electrons. The van der Waals surface area contributed by atoms with Gasteiger partial charge in [-0.15, -0.1) is 0 Å². The molecule has 0 bridgehead atoms. The Morgan fingerprint density at radius 3 is 2.63 bits per heavy atom. The molecule has 0 amide bonds. The summed E-state index contributed by atoms with van der Waals surface area (Å²) >= 11 is 0. The molecule has 4 aliphatic rings. The van der Waals surface area contributed by atoms with Gasteiger partial charge in [0, 0.05) is 5.41 Å². The number of hydrogen-bond donors (Lipinski definition) is 1. The molecule has 0 aromatic rings. The molecule has 1 aliphatic heterocycles. The van der Waals surface area contributed by atoms with Crippen LogP contribution in [0.25, 0.3) is 0 Å². The number of Topliss-reactive ketones (excluding diaryl/α,β-unsaturated/α-hetero) is 1. The van der Waals surface area contributed by atoms with Crippen molar-refractivity contribution in [3.8, 4) is 0 Å². The van der Waals surface area contributed by atoms with Crippen molar-refractivity contribution < 1.29 is 19.4 Å². The number of aliphatic hydroxyl groups is 1. The minimum absolute atomic E-state index is 0.0737. The number of aliphatic hydroxyl groups excluding tert-OH is 1. The summed E-state index contributed by atoms with van der Waals surface area (Å²) in [5.74, 6) is -0.350. The second kappa shape index (κ2) is 2.86. The molecule has 4 nitrogen and oxygen atoms in total. The van der Waals surface area contributed by atoms with E-state index in [1.807, 2.05) is 6.92 Å². The van der Waals surface area contributed by atoms with Crippen molar-refractivity contribution in [2.45, 2.75) is 38.9 Å². The largest absolute Gasteiger partial charge is 0.389 e. The van der Waals surface area contributed by atoms with E-state index in [1.54, 1.807) is 19.9 Å². The van der Waals surface area contributed by atoms with E-state index in [-0.39, 0.29) is 23.4 Å². The van der Waals surface area contributed by atoms with Gasteiger partial charge in [0.25, 0.3) is 0 Å². The van der Waals surface area contributed by atoms with Crippen molar-refractivity contribution >= 4 is 11.6 Å². The van der Waals surface area contributed by atoms with Crippen LogP contribution >= 0.6 is 0 Å². The van der Waals surface area contributed by atoms with Crippen LogP contribution in [0.5, 0.6) is 0 Å². The van der Waals surface area contributed by atoms with Crippen LogP contribution in [0.4, 0.5) is 0 Å². The van der Waals surface area contributed by atoms with Crippen molar-refractivity contribution in [2.24, 2.45) is 22.7 Å².